The van der Waals surface area contributed by atoms with E-state index in [1.165, 1.54) is 9.60 Å². The summed E-state index contributed by atoms with van der Waals surface area (Å²) in [5, 5.41) is 4.30. The van der Waals surface area contributed by atoms with E-state index in [0.717, 1.165) is 34.9 Å². The quantitative estimate of drug-likeness (QED) is 0.380. The summed E-state index contributed by atoms with van der Waals surface area (Å²) in [6, 6.07) is 26.4. The normalized spacial score (nSPS) is 14.1. The molecule has 1 aliphatic heterocycles. The van der Waals surface area contributed by atoms with Crippen molar-refractivity contribution in [2.45, 2.75) is 10.9 Å². The highest BCUT2D eigenvalue weighted by atomic mass is 32.2. The number of nitrogens with one attached hydrogen (secondary N) is 1. The third kappa shape index (κ3) is 4.70. The van der Waals surface area contributed by atoms with Crippen LogP contribution in [0.2, 0.25) is 0 Å². The van der Waals surface area contributed by atoms with E-state index in [0.29, 0.717) is 13.1 Å². The van der Waals surface area contributed by atoms with Crippen LogP contribution in [0.1, 0.15) is 17.2 Å². The Balaban J connectivity index is 1.27. The van der Waals surface area contributed by atoms with Crippen LogP contribution in [0.4, 0.5) is 9.93 Å². The van der Waals surface area contributed by atoms with Crippen molar-refractivity contribution in [1.82, 2.24) is 15.2 Å². The van der Waals surface area contributed by atoms with Crippen LogP contribution >= 0.6 is 23.1 Å². The van der Waals surface area contributed by atoms with Gasteiger partial charge in [-0.2, -0.15) is 0 Å². The lowest BCUT2D eigenvalue weighted by Gasteiger charge is -2.35. The second-order valence-corrected chi connectivity index (χ2v) is 9.84. The third-order valence-corrected chi connectivity index (χ3v) is 7.81. The van der Waals surface area contributed by atoms with Crippen LogP contribution in [0.3, 0.4) is 0 Å². The second-order valence-electron chi connectivity index (χ2n) is 7.98. The molecule has 5 nitrogen and oxygen atoms in total. The zero-order valence-electron chi connectivity index (χ0n) is 18.5. The minimum Gasteiger partial charge on any atom is -0.345 e. The number of hydrogen-bond donors (Lipinski definition) is 1. The first-order valence-electron chi connectivity index (χ1n) is 11.1. The lowest BCUT2D eigenvalue weighted by molar-refractivity contribution is 0.192. The molecule has 0 atom stereocenters. The highest BCUT2D eigenvalue weighted by Crippen LogP contribution is 2.34. The van der Waals surface area contributed by atoms with Crippen LogP contribution in [-0.4, -0.2) is 48.3 Å². The van der Waals surface area contributed by atoms with Gasteiger partial charge in [0.2, 0.25) is 0 Å². The molecule has 0 bridgehead atoms. The monoisotopic (exact) mass is 474 g/mol. The number of anilines is 1. The molecule has 7 heteroatoms. The van der Waals surface area contributed by atoms with Gasteiger partial charge in [-0.15, -0.1) is 11.8 Å². The van der Waals surface area contributed by atoms with E-state index < -0.39 is 0 Å². The number of fused-ring (bicyclic) bond motifs is 1. The summed E-state index contributed by atoms with van der Waals surface area (Å²) in [5.74, 6) is 0. The van der Waals surface area contributed by atoms with Gasteiger partial charge in [0.05, 0.1) is 16.3 Å². The average Bonchev–Trinajstić information content (AvgIpc) is 3.33. The lowest BCUT2D eigenvalue weighted by atomic mass is 9.99. The maximum Gasteiger partial charge on any atom is 0.318 e. The van der Waals surface area contributed by atoms with Gasteiger partial charge in [0.25, 0.3) is 0 Å². The Kier molecular flexibility index (Phi) is 6.51. The second kappa shape index (κ2) is 9.85. The fraction of sp³-hybridized carbons (Fsp3) is 0.231. The topological polar surface area (TPSA) is 48.5 Å². The molecule has 3 aromatic carbocycles. The Morgan fingerprint density at radius 3 is 2.15 bits per heavy atom. The minimum absolute atomic E-state index is 0.0266. The molecule has 168 valence electrons. The SMILES string of the molecule is CSc1cccc2sc(N3CCN(C(=O)NC(c4ccccc4)c4ccccc4)CC3)nc12. The lowest BCUT2D eigenvalue weighted by Crippen LogP contribution is -2.52. The van der Waals surface area contributed by atoms with Gasteiger partial charge in [-0.1, -0.05) is 78.1 Å². The first-order valence-corrected chi connectivity index (χ1v) is 13.1. The van der Waals surface area contributed by atoms with Crippen LogP contribution in [-0.2, 0) is 0 Å². The van der Waals surface area contributed by atoms with Crippen molar-refractivity contribution in [3.05, 3.63) is 90.0 Å². The molecule has 5 rings (SSSR count). The zero-order chi connectivity index (χ0) is 22.6. The fourth-order valence-corrected chi connectivity index (χ4v) is 5.85. The Morgan fingerprint density at radius 2 is 1.55 bits per heavy atom. The van der Waals surface area contributed by atoms with E-state index >= 15 is 0 Å². The van der Waals surface area contributed by atoms with E-state index in [-0.39, 0.29) is 12.1 Å². The van der Waals surface area contributed by atoms with Crippen molar-refractivity contribution in [2.24, 2.45) is 0 Å². The first-order chi connectivity index (χ1) is 16.2. The number of aromatic nitrogens is 1. The smallest absolute Gasteiger partial charge is 0.318 e. The Morgan fingerprint density at radius 1 is 0.909 bits per heavy atom. The van der Waals surface area contributed by atoms with Gasteiger partial charge in [0.1, 0.15) is 0 Å². The van der Waals surface area contributed by atoms with E-state index in [1.807, 2.05) is 41.3 Å². The molecular formula is C26H26N4OS2. The summed E-state index contributed by atoms with van der Waals surface area (Å²) in [5.41, 5.74) is 3.24. The third-order valence-electron chi connectivity index (χ3n) is 5.96. The number of thioether (sulfide) groups is 1. The van der Waals surface area contributed by atoms with Gasteiger partial charge < -0.3 is 15.1 Å². The molecule has 0 radical (unpaired) electrons. The highest BCUT2D eigenvalue weighted by molar-refractivity contribution is 7.98. The Bertz CT molecular complexity index is 1180. The molecule has 1 aliphatic rings. The zero-order valence-corrected chi connectivity index (χ0v) is 20.1. The molecule has 1 aromatic heterocycles. The van der Waals surface area contributed by atoms with Crippen molar-refractivity contribution < 1.29 is 4.79 Å². The predicted octanol–water partition coefficient (Wildman–Crippen LogP) is 5.64. The molecule has 0 unspecified atom stereocenters. The van der Waals surface area contributed by atoms with Crippen LogP contribution in [0.15, 0.2) is 83.8 Å². The van der Waals surface area contributed by atoms with Gasteiger partial charge in [-0.3, -0.25) is 0 Å². The van der Waals surface area contributed by atoms with Crippen LogP contribution < -0.4 is 10.2 Å². The van der Waals surface area contributed by atoms with Gasteiger partial charge in [0.15, 0.2) is 5.13 Å². The molecule has 0 spiro atoms. The maximum absolute atomic E-state index is 13.2. The van der Waals surface area contributed by atoms with Crippen LogP contribution in [0.5, 0.6) is 0 Å². The van der Waals surface area contributed by atoms with E-state index in [9.17, 15) is 4.79 Å². The number of thiazole rings is 1. The molecule has 4 aromatic rings. The molecular weight excluding hydrogens is 448 g/mol. The van der Waals surface area contributed by atoms with Gasteiger partial charge in [-0.05, 0) is 29.5 Å². The maximum atomic E-state index is 13.2. The van der Waals surface area contributed by atoms with Crippen molar-refractivity contribution >= 4 is 44.5 Å². The summed E-state index contributed by atoms with van der Waals surface area (Å²) >= 11 is 3.46. The van der Waals surface area contributed by atoms with Crippen molar-refractivity contribution in [3.8, 4) is 0 Å². The number of benzene rings is 3. The molecule has 1 N–H and O–H groups in total. The number of para-hydroxylation sites is 1. The minimum atomic E-state index is -0.174. The summed E-state index contributed by atoms with van der Waals surface area (Å²) in [6.45, 7) is 2.91. The molecule has 33 heavy (non-hydrogen) atoms. The molecule has 1 fully saturated rings. The van der Waals surface area contributed by atoms with Gasteiger partial charge in [-0.25, -0.2) is 9.78 Å². The number of urea groups is 1. The van der Waals surface area contributed by atoms with E-state index in [2.05, 4.69) is 58.9 Å². The largest absolute Gasteiger partial charge is 0.345 e. The van der Waals surface area contributed by atoms with Crippen LogP contribution in [0.25, 0.3) is 10.2 Å². The highest BCUT2D eigenvalue weighted by Gasteiger charge is 2.26. The van der Waals surface area contributed by atoms with Crippen molar-refractivity contribution in [1.29, 1.82) is 0 Å². The number of rotatable bonds is 5. The Labute approximate surface area is 202 Å². The standard InChI is InChI=1S/C26H26N4OS2/c1-32-21-13-8-14-22-24(21)28-26(33-22)30-17-15-29(16-18-30)25(31)27-23(19-9-4-2-5-10-19)20-11-6-3-7-12-20/h2-14,23H,15-18H2,1H3,(H,27,31). The Hall–Kier alpha value is -3.03. The molecule has 2 heterocycles. The van der Waals surface area contributed by atoms with Crippen molar-refractivity contribution in [2.75, 3.05) is 37.3 Å². The summed E-state index contributed by atoms with van der Waals surface area (Å²) in [4.78, 5) is 23.5. The fourth-order valence-electron chi connectivity index (χ4n) is 4.18. The van der Waals surface area contributed by atoms with E-state index in [4.69, 9.17) is 4.98 Å². The number of amides is 2. The van der Waals surface area contributed by atoms with Crippen molar-refractivity contribution in [3.63, 3.8) is 0 Å². The molecule has 0 saturated carbocycles. The average molecular weight is 475 g/mol. The number of carbonyl (C=O) groups excluding carboxylic acids is 1. The number of piperazine rings is 1. The summed E-state index contributed by atoms with van der Waals surface area (Å²) in [7, 11) is 0. The van der Waals surface area contributed by atoms with Gasteiger partial charge >= 0.3 is 6.03 Å². The number of carbonyl (C=O) groups is 1. The predicted molar refractivity (Wildman–Crippen MR) is 138 cm³/mol. The first kappa shape index (κ1) is 21.8. The molecule has 2 amide bonds. The number of nitrogens with zero attached hydrogens (tertiary/aromatic N) is 3. The molecule has 1 saturated heterocycles. The van der Waals surface area contributed by atoms with Crippen LogP contribution in [0, 0.1) is 0 Å². The molecule has 0 aliphatic carbocycles. The van der Waals surface area contributed by atoms with E-state index in [1.54, 1.807) is 23.1 Å². The van der Waals surface area contributed by atoms with Gasteiger partial charge in [0, 0.05) is 31.1 Å². The summed E-state index contributed by atoms with van der Waals surface area (Å²) < 4.78 is 1.21. The summed E-state index contributed by atoms with van der Waals surface area (Å²) in [6.07, 6.45) is 2.09. The number of hydrogen-bond acceptors (Lipinski definition) is 5.